The molecule has 1 aliphatic rings. The molecule has 1 atom stereocenters. The molecule has 2 rings (SSSR count). The minimum Gasteiger partial charge on any atom is -0.382 e. The van der Waals surface area contributed by atoms with Crippen molar-refractivity contribution in [3.63, 3.8) is 0 Å². The number of aromatic nitrogens is 1. The Labute approximate surface area is 98.8 Å². The summed E-state index contributed by atoms with van der Waals surface area (Å²) in [5, 5.41) is 3.21. The number of nitrogens with one attached hydrogen (secondary N) is 2. The molecule has 0 saturated carbocycles. The molecule has 0 saturated heterocycles. The van der Waals surface area contributed by atoms with Crippen LogP contribution in [-0.2, 0) is 4.74 Å². The van der Waals surface area contributed by atoms with Crippen molar-refractivity contribution < 1.29 is 4.74 Å². The zero-order valence-electron chi connectivity index (χ0n) is 9.23. The number of guanidine groups is 1. The second kappa shape index (κ2) is 5.18. The van der Waals surface area contributed by atoms with Gasteiger partial charge in [0, 0.05) is 19.5 Å². The Balaban J connectivity index is 2.07. The van der Waals surface area contributed by atoms with Gasteiger partial charge in [-0.3, -0.25) is 9.71 Å². The molecule has 1 aromatic rings. The van der Waals surface area contributed by atoms with E-state index in [0.717, 1.165) is 16.5 Å². The molecule has 5 nitrogen and oxygen atoms in total. The van der Waals surface area contributed by atoms with Gasteiger partial charge in [-0.2, -0.15) is 0 Å². The van der Waals surface area contributed by atoms with E-state index < -0.39 is 0 Å². The lowest BCUT2D eigenvalue weighted by Gasteiger charge is -2.20. The molecule has 16 heavy (non-hydrogen) atoms. The van der Waals surface area contributed by atoms with Crippen molar-refractivity contribution in [2.24, 2.45) is 4.99 Å². The van der Waals surface area contributed by atoms with E-state index >= 15 is 0 Å². The van der Waals surface area contributed by atoms with E-state index in [1.807, 2.05) is 19.2 Å². The molecule has 1 unspecified atom stereocenters. The van der Waals surface area contributed by atoms with Crippen LogP contribution in [-0.4, -0.2) is 30.7 Å². The molecular weight excluding hydrogens is 224 g/mol. The van der Waals surface area contributed by atoms with Gasteiger partial charge < -0.3 is 10.1 Å². The second-order valence-electron chi connectivity index (χ2n) is 3.48. The van der Waals surface area contributed by atoms with Gasteiger partial charge in [0.2, 0.25) is 5.96 Å². The molecule has 1 aliphatic heterocycles. The van der Waals surface area contributed by atoms with Gasteiger partial charge in [-0.15, -0.1) is 0 Å². The number of hydrogen-bond donors (Lipinski definition) is 2. The lowest BCUT2D eigenvalue weighted by Crippen LogP contribution is -2.31. The standard InChI is InChI=1S/C10H14N4OS/c1-7(6-15-2)12-10-13-8-3-4-11-5-9(8)16-14-10/h3-5,7H,6H2,1-2H3,(H2,12,13,14). The van der Waals surface area contributed by atoms with Crippen molar-refractivity contribution in [2.45, 2.75) is 17.9 Å². The topological polar surface area (TPSA) is 58.5 Å². The van der Waals surface area contributed by atoms with Gasteiger partial charge in [0.05, 0.1) is 23.2 Å². The molecule has 2 N–H and O–H groups in total. The van der Waals surface area contributed by atoms with Crippen LogP contribution in [0.25, 0.3) is 0 Å². The zero-order chi connectivity index (χ0) is 11.4. The summed E-state index contributed by atoms with van der Waals surface area (Å²) in [6.45, 7) is 2.62. The third kappa shape index (κ3) is 2.65. The smallest absolute Gasteiger partial charge is 0.206 e. The fourth-order valence-electron chi connectivity index (χ4n) is 1.38. The predicted octanol–water partition coefficient (Wildman–Crippen LogP) is 1.49. The van der Waals surface area contributed by atoms with Crippen LogP contribution in [0.2, 0.25) is 0 Å². The number of aliphatic imine (C=N–C) groups is 1. The minimum absolute atomic E-state index is 0.129. The minimum atomic E-state index is 0.129. The molecule has 0 amide bonds. The number of anilines is 1. The van der Waals surface area contributed by atoms with Crippen molar-refractivity contribution in [2.75, 3.05) is 19.0 Å². The normalized spacial score (nSPS) is 18.5. The average molecular weight is 238 g/mol. The van der Waals surface area contributed by atoms with Crippen molar-refractivity contribution in [1.82, 2.24) is 9.71 Å². The summed E-state index contributed by atoms with van der Waals surface area (Å²) in [7, 11) is 1.67. The van der Waals surface area contributed by atoms with Crippen molar-refractivity contribution in [3.8, 4) is 0 Å². The summed E-state index contributed by atoms with van der Waals surface area (Å²) in [5.41, 5.74) is 1.03. The first-order chi connectivity index (χ1) is 7.79. The molecule has 0 bridgehead atoms. The number of pyridine rings is 1. The van der Waals surface area contributed by atoms with E-state index in [9.17, 15) is 0 Å². The highest BCUT2D eigenvalue weighted by Gasteiger charge is 2.13. The molecule has 86 valence electrons. The quantitative estimate of drug-likeness (QED) is 0.781. The van der Waals surface area contributed by atoms with Crippen LogP contribution in [0.1, 0.15) is 6.92 Å². The highest BCUT2D eigenvalue weighted by Crippen LogP contribution is 2.27. The SMILES string of the molecule is COCC(C)N=C1NSc2cnccc2N1. The van der Waals surface area contributed by atoms with E-state index in [-0.39, 0.29) is 6.04 Å². The Bertz CT molecular complexity index is 396. The Morgan fingerprint density at radius 2 is 2.50 bits per heavy atom. The number of nitrogens with zero attached hydrogens (tertiary/aromatic N) is 2. The summed E-state index contributed by atoms with van der Waals surface area (Å²) < 4.78 is 8.16. The summed E-state index contributed by atoms with van der Waals surface area (Å²) in [6, 6.07) is 2.06. The van der Waals surface area contributed by atoms with Crippen LogP contribution >= 0.6 is 11.9 Å². The summed E-state index contributed by atoms with van der Waals surface area (Å²) >= 11 is 1.51. The Morgan fingerprint density at radius 3 is 3.31 bits per heavy atom. The van der Waals surface area contributed by atoms with Gasteiger partial charge in [0.15, 0.2) is 0 Å². The first kappa shape index (κ1) is 11.2. The lowest BCUT2D eigenvalue weighted by atomic mass is 10.4. The van der Waals surface area contributed by atoms with E-state index in [4.69, 9.17) is 4.74 Å². The molecular formula is C10H14N4OS. The van der Waals surface area contributed by atoms with Gasteiger partial charge in [-0.25, -0.2) is 4.99 Å². The predicted molar refractivity (Wildman–Crippen MR) is 65.6 cm³/mol. The van der Waals surface area contributed by atoms with Crippen LogP contribution < -0.4 is 10.0 Å². The lowest BCUT2D eigenvalue weighted by molar-refractivity contribution is 0.186. The molecule has 0 fully saturated rings. The second-order valence-corrected chi connectivity index (χ2v) is 4.33. The molecule has 0 spiro atoms. The van der Waals surface area contributed by atoms with Gasteiger partial charge >= 0.3 is 0 Å². The number of hydrogen-bond acceptors (Lipinski definition) is 4. The zero-order valence-corrected chi connectivity index (χ0v) is 10.0. The number of rotatable bonds is 3. The fourth-order valence-corrected chi connectivity index (χ4v) is 2.03. The molecule has 0 aliphatic carbocycles. The van der Waals surface area contributed by atoms with E-state index in [1.165, 1.54) is 11.9 Å². The van der Waals surface area contributed by atoms with Crippen LogP contribution in [0.3, 0.4) is 0 Å². The van der Waals surface area contributed by atoms with Gasteiger partial charge in [-0.1, -0.05) is 0 Å². The van der Waals surface area contributed by atoms with Gasteiger partial charge in [0.25, 0.3) is 0 Å². The van der Waals surface area contributed by atoms with Crippen LogP contribution in [0.4, 0.5) is 5.69 Å². The molecule has 2 heterocycles. The summed E-state index contributed by atoms with van der Waals surface area (Å²) in [4.78, 5) is 9.58. The van der Waals surface area contributed by atoms with E-state index in [0.29, 0.717) is 6.61 Å². The van der Waals surface area contributed by atoms with E-state index in [1.54, 1.807) is 13.3 Å². The Hall–Kier alpha value is -1.27. The van der Waals surface area contributed by atoms with Crippen LogP contribution in [0.5, 0.6) is 0 Å². The molecule has 0 aromatic carbocycles. The van der Waals surface area contributed by atoms with Gasteiger partial charge in [0.1, 0.15) is 0 Å². The van der Waals surface area contributed by atoms with Crippen molar-refractivity contribution in [3.05, 3.63) is 18.5 Å². The third-order valence-corrected chi connectivity index (χ3v) is 2.89. The maximum Gasteiger partial charge on any atom is 0.206 e. The molecule has 0 radical (unpaired) electrons. The van der Waals surface area contributed by atoms with Gasteiger partial charge in [-0.05, 0) is 24.9 Å². The van der Waals surface area contributed by atoms with E-state index in [2.05, 4.69) is 20.0 Å². The number of fused-ring (bicyclic) bond motifs is 1. The summed E-state index contributed by atoms with van der Waals surface area (Å²) in [5.74, 6) is 0.758. The largest absolute Gasteiger partial charge is 0.382 e. The number of methoxy groups -OCH3 is 1. The third-order valence-electron chi connectivity index (χ3n) is 2.05. The average Bonchev–Trinajstić information content (AvgIpc) is 2.29. The van der Waals surface area contributed by atoms with Crippen LogP contribution in [0.15, 0.2) is 28.3 Å². The first-order valence-corrected chi connectivity index (χ1v) is 5.82. The highest BCUT2D eigenvalue weighted by atomic mass is 32.2. The summed E-state index contributed by atoms with van der Waals surface area (Å²) in [6.07, 6.45) is 3.57. The van der Waals surface area contributed by atoms with Crippen molar-refractivity contribution in [1.29, 1.82) is 0 Å². The maximum atomic E-state index is 5.04. The molecule has 6 heteroatoms. The fraction of sp³-hybridized carbons (Fsp3) is 0.400. The Morgan fingerprint density at radius 1 is 1.62 bits per heavy atom. The Kier molecular flexibility index (Phi) is 3.63. The first-order valence-electron chi connectivity index (χ1n) is 5.00. The molecule has 1 aromatic heterocycles. The highest BCUT2D eigenvalue weighted by molar-refractivity contribution is 7.98. The number of ether oxygens (including phenoxy) is 1. The van der Waals surface area contributed by atoms with Crippen molar-refractivity contribution >= 4 is 23.6 Å². The van der Waals surface area contributed by atoms with Crippen LogP contribution in [0, 0.1) is 0 Å². The monoisotopic (exact) mass is 238 g/mol. The maximum absolute atomic E-state index is 5.04.